The van der Waals surface area contributed by atoms with Crippen molar-refractivity contribution < 1.29 is 4.74 Å². The lowest BCUT2D eigenvalue weighted by Gasteiger charge is -2.35. The SMILES string of the molecule is CC(C)CCN1CCN(Cc2ccc3c(c2)CCO3)CC1. The molecular weight excluding hydrogens is 260 g/mol. The first-order chi connectivity index (χ1) is 10.2. The van der Waals surface area contributed by atoms with Gasteiger partial charge in [-0.2, -0.15) is 0 Å². The number of rotatable bonds is 5. The Hall–Kier alpha value is -1.06. The van der Waals surface area contributed by atoms with E-state index in [4.69, 9.17) is 4.74 Å². The molecule has 1 aromatic rings. The van der Waals surface area contributed by atoms with Gasteiger partial charge >= 0.3 is 0 Å². The van der Waals surface area contributed by atoms with E-state index in [2.05, 4.69) is 41.8 Å². The molecule has 0 atom stereocenters. The average Bonchev–Trinajstić information content (AvgIpc) is 2.94. The predicted octanol–water partition coefficient (Wildman–Crippen LogP) is 2.79. The van der Waals surface area contributed by atoms with Crippen LogP contribution in [0.5, 0.6) is 5.75 Å². The van der Waals surface area contributed by atoms with E-state index < -0.39 is 0 Å². The maximum absolute atomic E-state index is 5.58. The molecule has 0 aliphatic carbocycles. The zero-order chi connectivity index (χ0) is 14.7. The average molecular weight is 288 g/mol. The molecule has 1 fully saturated rings. The van der Waals surface area contributed by atoms with Crippen LogP contribution in [0.2, 0.25) is 0 Å². The van der Waals surface area contributed by atoms with Crippen LogP contribution in [0.3, 0.4) is 0 Å². The van der Waals surface area contributed by atoms with E-state index in [0.29, 0.717) is 0 Å². The molecule has 0 saturated carbocycles. The lowest BCUT2D eigenvalue weighted by Crippen LogP contribution is -2.46. The molecule has 3 nitrogen and oxygen atoms in total. The van der Waals surface area contributed by atoms with Crippen molar-refractivity contribution in [2.45, 2.75) is 33.2 Å². The van der Waals surface area contributed by atoms with Crippen molar-refractivity contribution >= 4 is 0 Å². The fraction of sp³-hybridized carbons (Fsp3) is 0.667. The number of ether oxygens (including phenoxy) is 1. The Bertz CT molecular complexity index is 464. The van der Waals surface area contributed by atoms with Crippen molar-refractivity contribution in [3.8, 4) is 5.75 Å². The van der Waals surface area contributed by atoms with Crippen LogP contribution in [0.4, 0.5) is 0 Å². The van der Waals surface area contributed by atoms with Crippen molar-refractivity contribution in [3.63, 3.8) is 0 Å². The second-order valence-electron chi connectivity index (χ2n) is 6.84. The molecule has 0 amide bonds. The van der Waals surface area contributed by atoms with Gasteiger partial charge < -0.3 is 9.64 Å². The molecule has 2 heterocycles. The number of piperazine rings is 1. The van der Waals surface area contributed by atoms with Crippen molar-refractivity contribution in [3.05, 3.63) is 29.3 Å². The summed E-state index contributed by atoms with van der Waals surface area (Å²) in [5, 5.41) is 0. The molecule has 2 aliphatic rings. The van der Waals surface area contributed by atoms with Crippen molar-refractivity contribution in [2.24, 2.45) is 5.92 Å². The summed E-state index contributed by atoms with van der Waals surface area (Å²) < 4.78 is 5.58. The van der Waals surface area contributed by atoms with Crippen LogP contribution in [0.15, 0.2) is 18.2 Å². The fourth-order valence-electron chi connectivity index (χ4n) is 3.21. The summed E-state index contributed by atoms with van der Waals surface area (Å²) in [5.41, 5.74) is 2.83. The maximum Gasteiger partial charge on any atom is 0.122 e. The van der Waals surface area contributed by atoms with Crippen LogP contribution in [0.1, 0.15) is 31.4 Å². The highest BCUT2D eigenvalue weighted by atomic mass is 16.5. The van der Waals surface area contributed by atoms with Crippen molar-refractivity contribution in [1.82, 2.24) is 9.80 Å². The quantitative estimate of drug-likeness (QED) is 0.828. The second-order valence-corrected chi connectivity index (χ2v) is 6.84. The minimum absolute atomic E-state index is 0.816. The van der Waals surface area contributed by atoms with E-state index in [1.807, 2.05) is 0 Å². The third-order valence-corrected chi connectivity index (χ3v) is 4.65. The second kappa shape index (κ2) is 6.80. The van der Waals surface area contributed by atoms with E-state index >= 15 is 0 Å². The maximum atomic E-state index is 5.58. The summed E-state index contributed by atoms with van der Waals surface area (Å²) in [6.07, 6.45) is 2.40. The zero-order valence-electron chi connectivity index (χ0n) is 13.5. The molecule has 0 radical (unpaired) electrons. The van der Waals surface area contributed by atoms with Gasteiger partial charge in [-0.25, -0.2) is 0 Å². The van der Waals surface area contributed by atoms with E-state index in [1.165, 1.54) is 50.3 Å². The number of nitrogens with zero attached hydrogens (tertiary/aromatic N) is 2. The number of hydrogen-bond donors (Lipinski definition) is 0. The third-order valence-electron chi connectivity index (χ3n) is 4.65. The van der Waals surface area contributed by atoms with Gasteiger partial charge in [0.1, 0.15) is 5.75 Å². The molecular formula is C18H28N2O. The highest BCUT2D eigenvalue weighted by Crippen LogP contribution is 2.26. The van der Waals surface area contributed by atoms with Crippen LogP contribution in [-0.4, -0.2) is 49.1 Å². The molecule has 1 saturated heterocycles. The smallest absolute Gasteiger partial charge is 0.122 e. The van der Waals surface area contributed by atoms with E-state index in [1.54, 1.807) is 0 Å². The molecule has 1 aromatic carbocycles. The first-order valence-corrected chi connectivity index (χ1v) is 8.40. The summed E-state index contributed by atoms with van der Waals surface area (Å²) in [7, 11) is 0. The lowest BCUT2D eigenvalue weighted by atomic mass is 10.1. The molecule has 3 heteroatoms. The predicted molar refractivity (Wildman–Crippen MR) is 86.8 cm³/mol. The Labute approximate surface area is 128 Å². The lowest BCUT2D eigenvalue weighted by molar-refractivity contribution is 0.123. The molecule has 0 N–H and O–H groups in total. The Kier molecular flexibility index (Phi) is 4.81. The molecule has 116 valence electrons. The zero-order valence-corrected chi connectivity index (χ0v) is 13.5. The van der Waals surface area contributed by atoms with Gasteiger partial charge in [0.25, 0.3) is 0 Å². The van der Waals surface area contributed by atoms with Crippen LogP contribution < -0.4 is 4.74 Å². The summed E-state index contributed by atoms with van der Waals surface area (Å²) in [5.74, 6) is 1.91. The molecule has 3 rings (SSSR count). The minimum Gasteiger partial charge on any atom is -0.493 e. The normalized spacial score (nSPS) is 19.8. The monoisotopic (exact) mass is 288 g/mol. The first kappa shape index (κ1) is 14.9. The van der Waals surface area contributed by atoms with Crippen molar-refractivity contribution in [1.29, 1.82) is 0 Å². The fourth-order valence-corrected chi connectivity index (χ4v) is 3.21. The highest BCUT2D eigenvalue weighted by Gasteiger charge is 2.18. The number of fused-ring (bicyclic) bond motifs is 1. The van der Waals surface area contributed by atoms with Gasteiger partial charge in [0.15, 0.2) is 0 Å². The summed E-state index contributed by atoms with van der Waals surface area (Å²) in [4.78, 5) is 5.20. The molecule has 0 spiro atoms. The van der Waals surface area contributed by atoms with E-state index in [0.717, 1.165) is 31.2 Å². The van der Waals surface area contributed by atoms with Gasteiger partial charge in [-0.1, -0.05) is 26.0 Å². The number of benzene rings is 1. The van der Waals surface area contributed by atoms with Gasteiger partial charge in [-0.3, -0.25) is 4.90 Å². The first-order valence-electron chi connectivity index (χ1n) is 8.40. The minimum atomic E-state index is 0.816. The Morgan fingerprint density at radius 1 is 1.10 bits per heavy atom. The van der Waals surface area contributed by atoms with Gasteiger partial charge in [-0.05, 0) is 36.1 Å². The molecule has 2 aliphatic heterocycles. The van der Waals surface area contributed by atoms with Gasteiger partial charge in [0, 0.05) is 39.1 Å². The summed E-state index contributed by atoms with van der Waals surface area (Å²) >= 11 is 0. The standard InChI is InChI=1S/C18H28N2O/c1-15(2)5-7-19-8-10-20(11-9-19)14-16-3-4-18-17(13-16)6-12-21-18/h3-4,13,15H,5-12,14H2,1-2H3. The van der Waals surface area contributed by atoms with Crippen LogP contribution in [-0.2, 0) is 13.0 Å². The van der Waals surface area contributed by atoms with Crippen LogP contribution in [0, 0.1) is 5.92 Å². The Morgan fingerprint density at radius 2 is 1.86 bits per heavy atom. The molecule has 0 bridgehead atoms. The number of hydrogen-bond acceptors (Lipinski definition) is 3. The largest absolute Gasteiger partial charge is 0.493 e. The third kappa shape index (κ3) is 3.98. The van der Waals surface area contributed by atoms with Crippen LogP contribution in [0.25, 0.3) is 0 Å². The molecule has 0 unspecified atom stereocenters. The Balaban J connectivity index is 1.47. The van der Waals surface area contributed by atoms with Gasteiger partial charge in [-0.15, -0.1) is 0 Å². The van der Waals surface area contributed by atoms with Gasteiger partial charge in [0.05, 0.1) is 6.61 Å². The highest BCUT2D eigenvalue weighted by molar-refractivity contribution is 5.39. The van der Waals surface area contributed by atoms with Gasteiger partial charge in [0.2, 0.25) is 0 Å². The summed E-state index contributed by atoms with van der Waals surface area (Å²) in [6.45, 7) is 12.7. The van der Waals surface area contributed by atoms with E-state index in [9.17, 15) is 0 Å². The molecule has 21 heavy (non-hydrogen) atoms. The molecule has 0 aromatic heterocycles. The van der Waals surface area contributed by atoms with Crippen LogP contribution >= 0.6 is 0 Å². The van der Waals surface area contributed by atoms with Crippen molar-refractivity contribution in [2.75, 3.05) is 39.3 Å². The Morgan fingerprint density at radius 3 is 2.62 bits per heavy atom. The summed E-state index contributed by atoms with van der Waals surface area (Å²) in [6, 6.07) is 6.72. The topological polar surface area (TPSA) is 15.7 Å². The van der Waals surface area contributed by atoms with E-state index in [-0.39, 0.29) is 0 Å².